The summed E-state index contributed by atoms with van der Waals surface area (Å²) in [6.45, 7) is 1.81. The van der Waals surface area contributed by atoms with Crippen molar-refractivity contribution in [2.75, 3.05) is 5.32 Å². The molecule has 0 aliphatic carbocycles. The Morgan fingerprint density at radius 1 is 1.26 bits per heavy atom. The van der Waals surface area contributed by atoms with Gasteiger partial charge < -0.3 is 10.3 Å². The lowest BCUT2D eigenvalue weighted by Gasteiger charge is -2.11. The number of thioether (sulfide) groups is 1. The fourth-order valence-electron chi connectivity index (χ4n) is 2.13. The third-order valence-electron chi connectivity index (χ3n) is 3.33. The number of aromatic nitrogens is 2. The number of hydrogen-bond donors (Lipinski definition) is 2. The SMILES string of the molecule is CC(Sc1nc2ccccc2[nH]1)C(=O)Nc1ccccc1C#N. The van der Waals surface area contributed by atoms with E-state index in [0.717, 1.165) is 11.0 Å². The van der Waals surface area contributed by atoms with Crippen molar-refractivity contribution in [2.24, 2.45) is 0 Å². The standard InChI is InChI=1S/C17H14N4OS/c1-11(16(22)19-13-7-3-2-6-12(13)10-18)23-17-20-14-8-4-5-9-15(14)21-17/h2-9,11H,1H3,(H,19,22)(H,20,21). The second-order valence-electron chi connectivity index (χ2n) is 4.97. The quantitative estimate of drug-likeness (QED) is 0.720. The largest absolute Gasteiger partial charge is 0.333 e. The van der Waals surface area contributed by atoms with Crippen molar-refractivity contribution in [3.8, 4) is 6.07 Å². The van der Waals surface area contributed by atoms with E-state index in [4.69, 9.17) is 5.26 Å². The predicted molar refractivity (Wildman–Crippen MR) is 91.2 cm³/mol. The molecule has 1 atom stereocenters. The van der Waals surface area contributed by atoms with Crippen molar-refractivity contribution in [3.63, 3.8) is 0 Å². The van der Waals surface area contributed by atoms with E-state index in [1.54, 1.807) is 24.3 Å². The first-order valence-electron chi connectivity index (χ1n) is 7.09. The summed E-state index contributed by atoms with van der Waals surface area (Å²) in [6, 6.07) is 16.7. The first-order valence-corrected chi connectivity index (χ1v) is 7.97. The molecule has 5 nitrogen and oxygen atoms in total. The van der Waals surface area contributed by atoms with E-state index >= 15 is 0 Å². The van der Waals surface area contributed by atoms with Gasteiger partial charge >= 0.3 is 0 Å². The Balaban J connectivity index is 1.71. The summed E-state index contributed by atoms with van der Waals surface area (Å²) >= 11 is 1.35. The minimum atomic E-state index is -0.345. The summed E-state index contributed by atoms with van der Waals surface area (Å²) in [4.78, 5) is 20.0. The van der Waals surface area contributed by atoms with Crippen LogP contribution in [0.15, 0.2) is 53.7 Å². The number of nitriles is 1. The minimum absolute atomic E-state index is 0.168. The highest BCUT2D eigenvalue weighted by atomic mass is 32.2. The molecule has 3 aromatic rings. The van der Waals surface area contributed by atoms with Crippen LogP contribution in [-0.4, -0.2) is 21.1 Å². The number of imidazole rings is 1. The van der Waals surface area contributed by atoms with Crippen molar-refractivity contribution >= 4 is 34.4 Å². The molecule has 0 fully saturated rings. The lowest BCUT2D eigenvalue weighted by atomic mass is 10.2. The number of carbonyl (C=O) groups is 1. The van der Waals surface area contributed by atoms with Crippen molar-refractivity contribution in [1.82, 2.24) is 9.97 Å². The summed E-state index contributed by atoms with van der Waals surface area (Å²) in [6.07, 6.45) is 0. The number of amides is 1. The van der Waals surface area contributed by atoms with Gasteiger partial charge in [-0.05, 0) is 31.2 Å². The van der Waals surface area contributed by atoms with Crippen LogP contribution in [0.4, 0.5) is 5.69 Å². The molecule has 0 aliphatic rings. The Morgan fingerprint density at radius 2 is 2.00 bits per heavy atom. The molecular weight excluding hydrogens is 308 g/mol. The Bertz CT molecular complexity index is 864. The van der Waals surface area contributed by atoms with E-state index in [0.29, 0.717) is 16.4 Å². The fraction of sp³-hybridized carbons (Fsp3) is 0.118. The molecular formula is C17H14N4OS. The molecule has 1 amide bonds. The van der Waals surface area contributed by atoms with E-state index in [1.165, 1.54) is 11.8 Å². The Kier molecular flexibility index (Phi) is 4.31. The van der Waals surface area contributed by atoms with Crippen LogP contribution in [-0.2, 0) is 4.79 Å². The zero-order valence-electron chi connectivity index (χ0n) is 12.4. The highest BCUT2D eigenvalue weighted by Crippen LogP contribution is 2.24. The number of carbonyl (C=O) groups excluding carboxylic acids is 1. The predicted octanol–water partition coefficient (Wildman–Crippen LogP) is 3.55. The lowest BCUT2D eigenvalue weighted by Crippen LogP contribution is -2.23. The van der Waals surface area contributed by atoms with Crippen LogP contribution in [0.5, 0.6) is 0 Å². The maximum atomic E-state index is 12.3. The minimum Gasteiger partial charge on any atom is -0.333 e. The number of aromatic amines is 1. The zero-order valence-corrected chi connectivity index (χ0v) is 13.2. The molecule has 2 aromatic carbocycles. The van der Waals surface area contributed by atoms with Crippen LogP contribution in [0.25, 0.3) is 11.0 Å². The van der Waals surface area contributed by atoms with Crippen LogP contribution in [0.1, 0.15) is 12.5 Å². The van der Waals surface area contributed by atoms with Gasteiger partial charge in [-0.15, -0.1) is 0 Å². The number of hydrogen-bond acceptors (Lipinski definition) is 4. The molecule has 0 saturated heterocycles. The molecule has 1 aromatic heterocycles. The Labute approximate surface area is 137 Å². The maximum Gasteiger partial charge on any atom is 0.237 e. The van der Waals surface area contributed by atoms with Gasteiger partial charge in [-0.1, -0.05) is 36.0 Å². The van der Waals surface area contributed by atoms with Crippen LogP contribution in [0.3, 0.4) is 0 Å². The molecule has 0 saturated carbocycles. The molecule has 114 valence electrons. The topological polar surface area (TPSA) is 81.6 Å². The third kappa shape index (κ3) is 3.35. The van der Waals surface area contributed by atoms with Crippen LogP contribution < -0.4 is 5.32 Å². The number of anilines is 1. The fourth-order valence-corrected chi connectivity index (χ4v) is 2.95. The van der Waals surface area contributed by atoms with Gasteiger partial charge in [0, 0.05) is 0 Å². The number of nitrogens with one attached hydrogen (secondary N) is 2. The molecule has 1 heterocycles. The first kappa shape index (κ1) is 15.1. The highest BCUT2D eigenvalue weighted by molar-refractivity contribution is 8.00. The number of para-hydroxylation sites is 3. The van der Waals surface area contributed by atoms with Crippen LogP contribution >= 0.6 is 11.8 Å². The molecule has 23 heavy (non-hydrogen) atoms. The van der Waals surface area contributed by atoms with E-state index in [-0.39, 0.29) is 11.2 Å². The van der Waals surface area contributed by atoms with Gasteiger partial charge in [-0.2, -0.15) is 5.26 Å². The van der Waals surface area contributed by atoms with E-state index in [2.05, 4.69) is 21.4 Å². The summed E-state index contributed by atoms with van der Waals surface area (Å²) in [7, 11) is 0. The van der Waals surface area contributed by atoms with Crippen LogP contribution in [0, 0.1) is 11.3 Å². The summed E-state index contributed by atoms with van der Waals surface area (Å²) < 4.78 is 0. The van der Waals surface area contributed by atoms with Crippen molar-refractivity contribution in [3.05, 3.63) is 54.1 Å². The zero-order chi connectivity index (χ0) is 16.2. The van der Waals surface area contributed by atoms with Gasteiger partial charge in [0.2, 0.25) is 5.91 Å². The average Bonchev–Trinajstić information content (AvgIpc) is 2.97. The van der Waals surface area contributed by atoms with E-state index in [1.807, 2.05) is 31.2 Å². The van der Waals surface area contributed by atoms with Gasteiger partial charge in [0.15, 0.2) is 5.16 Å². The Hall–Kier alpha value is -2.78. The number of nitrogens with zero attached hydrogens (tertiary/aromatic N) is 2. The van der Waals surface area contributed by atoms with E-state index in [9.17, 15) is 4.79 Å². The number of benzene rings is 2. The molecule has 3 rings (SSSR count). The van der Waals surface area contributed by atoms with Gasteiger partial charge in [0.1, 0.15) is 6.07 Å². The maximum absolute atomic E-state index is 12.3. The molecule has 6 heteroatoms. The number of rotatable bonds is 4. The number of fused-ring (bicyclic) bond motifs is 1. The van der Waals surface area contributed by atoms with Gasteiger partial charge in [-0.3, -0.25) is 4.79 Å². The monoisotopic (exact) mass is 322 g/mol. The molecule has 0 aliphatic heterocycles. The smallest absolute Gasteiger partial charge is 0.237 e. The second kappa shape index (κ2) is 6.55. The van der Waals surface area contributed by atoms with Crippen molar-refractivity contribution in [2.45, 2.75) is 17.3 Å². The van der Waals surface area contributed by atoms with Crippen LogP contribution in [0.2, 0.25) is 0 Å². The van der Waals surface area contributed by atoms with E-state index < -0.39 is 0 Å². The normalized spacial score (nSPS) is 11.8. The van der Waals surface area contributed by atoms with Gasteiger partial charge in [0.05, 0.1) is 27.5 Å². The molecule has 0 bridgehead atoms. The number of H-pyrrole nitrogens is 1. The summed E-state index contributed by atoms with van der Waals surface area (Å²) in [5.74, 6) is -0.168. The first-order chi connectivity index (χ1) is 11.2. The second-order valence-corrected chi connectivity index (χ2v) is 6.30. The molecule has 0 radical (unpaired) electrons. The average molecular weight is 322 g/mol. The third-order valence-corrected chi connectivity index (χ3v) is 4.31. The lowest BCUT2D eigenvalue weighted by molar-refractivity contribution is -0.115. The van der Waals surface area contributed by atoms with Crippen molar-refractivity contribution in [1.29, 1.82) is 5.26 Å². The van der Waals surface area contributed by atoms with Crippen molar-refractivity contribution < 1.29 is 4.79 Å². The molecule has 2 N–H and O–H groups in total. The Morgan fingerprint density at radius 3 is 2.78 bits per heavy atom. The van der Waals surface area contributed by atoms with Gasteiger partial charge in [0.25, 0.3) is 0 Å². The molecule has 0 spiro atoms. The molecule has 1 unspecified atom stereocenters. The van der Waals surface area contributed by atoms with Gasteiger partial charge in [-0.25, -0.2) is 4.98 Å². The summed E-state index contributed by atoms with van der Waals surface area (Å²) in [5.41, 5.74) is 2.79. The summed E-state index contributed by atoms with van der Waals surface area (Å²) in [5, 5.41) is 12.2. The highest BCUT2D eigenvalue weighted by Gasteiger charge is 2.17.